The van der Waals surface area contributed by atoms with Gasteiger partial charge in [0.25, 0.3) is 0 Å². The van der Waals surface area contributed by atoms with Gasteiger partial charge in [-0.15, -0.1) is 0 Å². The van der Waals surface area contributed by atoms with Gasteiger partial charge >= 0.3 is 0 Å². The Bertz CT molecular complexity index is 578. The summed E-state index contributed by atoms with van der Waals surface area (Å²) in [6.07, 6.45) is 1.16. The van der Waals surface area contributed by atoms with Gasteiger partial charge in [-0.1, -0.05) is 30.3 Å². The molecule has 0 saturated carbocycles. The molecule has 0 aliphatic carbocycles. The van der Waals surface area contributed by atoms with E-state index in [4.69, 9.17) is 19.9 Å². The predicted molar refractivity (Wildman–Crippen MR) is 78.3 cm³/mol. The van der Waals surface area contributed by atoms with Crippen molar-refractivity contribution in [2.75, 3.05) is 21.3 Å². The maximum Gasteiger partial charge on any atom is 0.240 e. The molecule has 1 aromatic carbocycles. The van der Waals surface area contributed by atoms with Crippen molar-refractivity contribution in [3.8, 4) is 11.8 Å². The van der Waals surface area contributed by atoms with Crippen molar-refractivity contribution < 1.29 is 14.2 Å². The molecule has 6 heteroatoms. The van der Waals surface area contributed by atoms with Gasteiger partial charge in [0.1, 0.15) is 11.8 Å². The van der Waals surface area contributed by atoms with Crippen molar-refractivity contribution in [1.29, 1.82) is 0 Å². The summed E-state index contributed by atoms with van der Waals surface area (Å²) in [6, 6.07) is 9.21. The predicted octanol–water partition coefficient (Wildman–Crippen LogP) is 1.88. The number of hydrogen-bond acceptors (Lipinski definition) is 6. The van der Waals surface area contributed by atoms with Crippen molar-refractivity contribution in [2.45, 2.75) is 12.1 Å². The summed E-state index contributed by atoms with van der Waals surface area (Å²) < 4.78 is 15.8. The van der Waals surface area contributed by atoms with Gasteiger partial charge in [0, 0.05) is 7.11 Å². The summed E-state index contributed by atoms with van der Waals surface area (Å²) >= 11 is 0. The molecule has 0 saturated heterocycles. The van der Waals surface area contributed by atoms with Gasteiger partial charge < -0.3 is 19.9 Å². The maximum absolute atomic E-state index is 6.30. The third-order valence-corrected chi connectivity index (χ3v) is 3.17. The summed E-state index contributed by atoms with van der Waals surface area (Å²) in [5, 5.41) is 0. The van der Waals surface area contributed by atoms with Crippen LogP contribution in [0.1, 0.15) is 23.4 Å². The van der Waals surface area contributed by atoms with Gasteiger partial charge in [0.15, 0.2) is 0 Å². The van der Waals surface area contributed by atoms with E-state index in [-0.39, 0.29) is 6.10 Å². The first-order valence-electron chi connectivity index (χ1n) is 6.49. The second kappa shape index (κ2) is 7.01. The number of ether oxygens (including phenoxy) is 3. The second-order valence-electron chi connectivity index (χ2n) is 4.40. The summed E-state index contributed by atoms with van der Waals surface area (Å²) in [5.41, 5.74) is 7.79. The highest BCUT2D eigenvalue weighted by atomic mass is 16.5. The molecule has 1 heterocycles. The Kier molecular flexibility index (Phi) is 5.08. The van der Waals surface area contributed by atoms with Crippen LogP contribution in [0.5, 0.6) is 11.8 Å². The molecule has 1 aromatic heterocycles. The Balaban J connectivity index is 2.35. The first-order chi connectivity index (χ1) is 10.2. The average molecular weight is 289 g/mol. The lowest BCUT2D eigenvalue weighted by molar-refractivity contribution is 0.0778. The second-order valence-corrected chi connectivity index (χ2v) is 4.40. The molecule has 0 aliphatic rings. The molecule has 0 bridgehead atoms. The van der Waals surface area contributed by atoms with Crippen molar-refractivity contribution in [2.24, 2.45) is 5.73 Å². The van der Waals surface area contributed by atoms with Crippen molar-refractivity contribution >= 4 is 0 Å². The molecule has 0 amide bonds. The number of benzene rings is 1. The van der Waals surface area contributed by atoms with Gasteiger partial charge in [0.05, 0.1) is 26.5 Å². The molecule has 0 fully saturated rings. The zero-order valence-corrected chi connectivity index (χ0v) is 12.3. The molecule has 2 N–H and O–H groups in total. The van der Waals surface area contributed by atoms with Crippen LogP contribution in [0.3, 0.4) is 0 Å². The van der Waals surface area contributed by atoms with E-state index < -0.39 is 6.04 Å². The number of methoxy groups -OCH3 is 3. The van der Waals surface area contributed by atoms with Crippen molar-refractivity contribution in [3.05, 3.63) is 47.8 Å². The molecular formula is C15H19N3O3. The van der Waals surface area contributed by atoms with E-state index in [1.54, 1.807) is 7.11 Å². The van der Waals surface area contributed by atoms with Crippen LogP contribution in [0.15, 0.2) is 36.5 Å². The van der Waals surface area contributed by atoms with Gasteiger partial charge in [0.2, 0.25) is 11.8 Å². The molecule has 2 atom stereocenters. The maximum atomic E-state index is 6.30. The third-order valence-electron chi connectivity index (χ3n) is 3.17. The van der Waals surface area contributed by atoms with Crippen LogP contribution >= 0.6 is 0 Å². The van der Waals surface area contributed by atoms with E-state index in [0.29, 0.717) is 17.5 Å². The van der Waals surface area contributed by atoms with Crippen LogP contribution in [0.25, 0.3) is 0 Å². The highest BCUT2D eigenvalue weighted by molar-refractivity contribution is 5.29. The minimum atomic E-state index is -0.509. The molecule has 6 nitrogen and oxygen atoms in total. The van der Waals surface area contributed by atoms with E-state index in [0.717, 1.165) is 5.56 Å². The van der Waals surface area contributed by atoms with Crippen LogP contribution in [0.4, 0.5) is 0 Å². The highest BCUT2D eigenvalue weighted by Gasteiger charge is 2.26. The molecule has 2 unspecified atom stereocenters. The lowest BCUT2D eigenvalue weighted by atomic mass is 10.0. The third kappa shape index (κ3) is 3.29. The van der Waals surface area contributed by atoms with Gasteiger partial charge in [-0.05, 0) is 5.56 Å². The van der Waals surface area contributed by atoms with Crippen LogP contribution < -0.4 is 15.2 Å². The molecule has 0 radical (unpaired) electrons. The lowest BCUT2D eigenvalue weighted by Crippen LogP contribution is -2.23. The lowest BCUT2D eigenvalue weighted by Gasteiger charge is -2.23. The van der Waals surface area contributed by atoms with Crippen molar-refractivity contribution in [3.63, 3.8) is 0 Å². The Morgan fingerprint density at radius 2 is 1.76 bits per heavy atom. The quantitative estimate of drug-likeness (QED) is 0.874. The minimum Gasteiger partial charge on any atom is -0.480 e. The molecule has 2 rings (SSSR count). The Morgan fingerprint density at radius 3 is 2.33 bits per heavy atom. The van der Waals surface area contributed by atoms with Crippen LogP contribution in [-0.4, -0.2) is 31.3 Å². The Morgan fingerprint density at radius 1 is 1.05 bits per heavy atom. The van der Waals surface area contributed by atoms with E-state index in [2.05, 4.69) is 9.97 Å². The van der Waals surface area contributed by atoms with Crippen LogP contribution in [0.2, 0.25) is 0 Å². The Hall–Kier alpha value is -2.18. The standard InChI is InChI=1S/C15H19N3O3/c1-19-11-9-17-13(15(18-11)21-3)12(16)14(20-2)10-7-5-4-6-8-10/h4-9,12,14H,16H2,1-3H3. The number of hydrogen-bond donors (Lipinski definition) is 1. The molecular weight excluding hydrogens is 270 g/mol. The van der Waals surface area contributed by atoms with Crippen molar-refractivity contribution in [1.82, 2.24) is 9.97 Å². The summed E-state index contributed by atoms with van der Waals surface area (Å²) in [7, 11) is 4.65. The summed E-state index contributed by atoms with van der Waals surface area (Å²) in [4.78, 5) is 8.50. The molecule has 21 heavy (non-hydrogen) atoms. The normalized spacial score (nSPS) is 13.5. The van der Waals surface area contributed by atoms with E-state index in [1.165, 1.54) is 20.4 Å². The zero-order valence-electron chi connectivity index (χ0n) is 12.3. The SMILES string of the molecule is COc1cnc(C(N)C(OC)c2ccccc2)c(OC)n1. The number of aromatic nitrogens is 2. The smallest absolute Gasteiger partial charge is 0.240 e. The monoisotopic (exact) mass is 289 g/mol. The van der Waals surface area contributed by atoms with Gasteiger partial charge in [-0.25, -0.2) is 4.98 Å². The zero-order chi connectivity index (χ0) is 15.2. The Labute approximate surface area is 123 Å². The average Bonchev–Trinajstić information content (AvgIpc) is 2.55. The van der Waals surface area contributed by atoms with E-state index in [9.17, 15) is 0 Å². The minimum absolute atomic E-state index is 0.333. The fourth-order valence-corrected chi connectivity index (χ4v) is 2.12. The van der Waals surface area contributed by atoms with E-state index in [1.807, 2.05) is 30.3 Å². The first kappa shape index (κ1) is 15.2. The molecule has 0 aliphatic heterocycles. The first-order valence-corrected chi connectivity index (χ1v) is 6.49. The highest BCUT2D eigenvalue weighted by Crippen LogP contribution is 2.32. The fourth-order valence-electron chi connectivity index (χ4n) is 2.12. The molecule has 112 valence electrons. The fraction of sp³-hybridized carbons (Fsp3) is 0.333. The number of nitrogens with zero attached hydrogens (tertiary/aromatic N) is 2. The molecule has 2 aromatic rings. The van der Waals surface area contributed by atoms with Crippen LogP contribution in [0, 0.1) is 0 Å². The van der Waals surface area contributed by atoms with Gasteiger partial charge in [-0.2, -0.15) is 4.98 Å². The summed E-state index contributed by atoms with van der Waals surface area (Å²) in [6.45, 7) is 0. The van der Waals surface area contributed by atoms with Crippen LogP contribution in [-0.2, 0) is 4.74 Å². The van der Waals surface area contributed by atoms with Gasteiger partial charge in [-0.3, -0.25) is 0 Å². The largest absolute Gasteiger partial charge is 0.480 e. The molecule has 0 spiro atoms. The summed E-state index contributed by atoms with van der Waals surface area (Å²) in [5.74, 6) is 0.705. The number of nitrogens with two attached hydrogens (primary N) is 1. The number of rotatable bonds is 6. The topological polar surface area (TPSA) is 79.5 Å². The van der Waals surface area contributed by atoms with E-state index >= 15 is 0 Å².